The van der Waals surface area contributed by atoms with E-state index in [9.17, 15) is 0 Å². The maximum absolute atomic E-state index is 3.02. The Kier molecular flexibility index (Phi) is 5.61. The minimum atomic E-state index is -3.02. The Morgan fingerprint density at radius 1 is 0.806 bits per heavy atom. The average Bonchev–Trinajstić information content (AvgIpc) is 3.36. The topological polar surface area (TPSA) is 0 Å². The number of allylic oxidation sites excluding steroid dienone is 5. The van der Waals surface area contributed by atoms with Crippen LogP contribution in [0.4, 0.5) is 0 Å². The Bertz CT molecular complexity index is 1000. The fraction of sp³-hybridized carbons (Fsp3) is 0.600. The fourth-order valence-electron chi connectivity index (χ4n) is 7.78. The second-order valence-corrected chi connectivity index (χ2v) is 30.2. The van der Waals surface area contributed by atoms with E-state index in [1.807, 2.05) is 0 Å². The van der Waals surface area contributed by atoms with Crippen LogP contribution in [-0.4, -0.2) is 0 Å². The quantitative estimate of drug-likeness (QED) is 0.303. The van der Waals surface area contributed by atoms with Gasteiger partial charge in [-0.05, 0) is 0 Å². The predicted octanol–water partition coefficient (Wildman–Crippen LogP) is 9.34. The van der Waals surface area contributed by atoms with Gasteiger partial charge in [-0.15, -0.1) is 0 Å². The third-order valence-electron chi connectivity index (χ3n) is 11.1. The molecule has 0 bridgehead atoms. The molecular weight excluding hydrogens is 539 g/mol. The van der Waals surface area contributed by atoms with Gasteiger partial charge in [0.2, 0.25) is 0 Å². The maximum atomic E-state index is 2.77. The van der Waals surface area contributed by atoms with Crippen LogP contribution in [0.1, 0.15) is 96.9 Å². The molecule has 1 aromatic rings. The molecule has 3 aliphatic carbocycles. The van der Waals surface area contributed by atoms with Crippen molar-refractivity contribution >= 4 is 6.08 Å². The molecule has 0 amide bonds. The van der Waals surface area contributed by atoms with E-state index in [4.69, 9.17) is 0 Å². The zero-order valence-corrected chi connectivity index (χ0v) is 25.4. The molecule has 1 heteroatoms. The molecule has 1 unspecified atom stereocenters. The van der Waals surface area contributed by atoms with Crippen LogP contribution >= 0.6 is 0 Å². The zero-order chi connectivity index (χ0) is 23.0. The van der Waals surface area contributed by atoms with Gasteiger partial charge in [-0.1, -0.05) is 0 Å². The molecule has 0 N–H and O–H groups in total. The van der Waals surface area contributed by atoms with E-state index in [1.54, 1.807) is 39.0 Å². The monoisotopic (exact) mass is 584 g/mol. The normalized spacial score (nSPS) is 26.1. The van der Waals surface area contributed by atoms with Crippen molar-refractivity contribution in [3.8, 4) is 0 Å². The van der Waals surface area contributed by atoms with Crippen LogP contribution in [0.25, 0.3) is 6.08 Å². The summed E-state index contributed by atoms with van der Waals surface area (Å²) in [5, 5.41) is 0. The summed E-state index contributed by atoms with van der Waals surface area (Å²) in [6.07, 6.45) is 11.6. The third kappa shape index (κ3) is 2.80. The summed E-state index contributed by atoms with van der Waals surface area (Å²) in [5.74, 6) is 0. The van der Waals surface area contributed by atoms with E-state index in [1.165, 1.54) is 37.7 Å². The van der Waals surface area contributed by atoms with E-state index in [-0.39, 0.29) is 3.17 Å². The van der Waals surface area contributed by atoms with Crippen molar-refractivity contribution in [1.29, 1.82) is 0 Å². The number of hydrogen-bond donors (Lipinski definition) is 0. The molecule has 0 spiro atoms. The first kappa shape index (κ1) is 23.5. The number of hydrogen-bond acceptors (Lipinski definition) is 0. The van der Waals surface area contributed by atoms with Crippen LogP contribution in [-0.2, 0) is 36.0 Å². The molecule has 0 saturated carbocycles. The zero-order valence-electron chi connectivity index (χ0n) is 21.8. The van der Waals surface area contributed by atoms with Crippen molar-refractivity contribution in [3.63, 3.8) is 0 Å². The van der Waals surface area contributed by atoms with Crippen LogP contribution in [0.15, 0.2) is 40.5 Å². The van der Waals surface area contributed by atoms with Crippen LogP contribution in [0, 0.1) is 5.41 Å². The van der Waals surface area contributed by atoms with Gasteiger partial charge in [0.1, 0.15) is 0 Å². The van der Waals surface area contributed by atoms with Crippen molar-refractivity contribution in [1.82, 2.24) is 0 Å². The molecule has 4 rings (SSSR count). The number of fused-ring (bicyclic) bond motifs is 2. The van der Waals surface area contributed by atoms with E-state index in [2.05, 4.69) is 89.0 Å². The van der Waals surface area contributed by atoms with Crippen molar-refractivity contribution in [2.24, 2.45) is 5.41 Å². The molecule has 0 aliphatic heterocycles. The van der Waals surface area contributed by atoms with E-state index in [0.29, 0.717) is 8.59 Å². The fourth-order valence-corrected chi connectivity index (χ4v) is 27.2. The standard InChI is InChI=1S/C18H23.C10H15.2CH3.Hf/c1-4-13-7-8-14-9-15-11-18(5-2,6-3)12-16(15)10-17(13)14;1-6-7(2)9(4)10(5)8(6)3;;;/h7-10H,4-6,11-12H2,1-3H3;1-5H3;2*1H3;. The van der Waals surface area contributed by atoms with Crippen LogP contribution in [0.3, 0.4) is 0 Å². The molecule has 1 atom stereocenters. The van der Waals surface area contributed by atoms with E-state index in [0.717, 1.165) is 0 Å². The Hall–Kier alpha value is -0.690. The first-order chi connectivity index (χ1) is 14.4. The van der Waals surface area contributed by atoms with Crippen LogP contribution < -0.4 is 0 Å². The van der Waals surface area contributed by atoms with Crippen molar-refractivity contribution < 1.29 is 20.0 Å². The number of benzene rings is 1. The molecular formula is C30H44Hf. The summed E-state index contributed by atoms with van der Waals surface area (Å²) in [7, 11) is 0. The van der Waals surface area contributed by atoms with E-state index >= 15 is 0 Å². The molecule has 0 aromatic heterocycles. The van der Waals surface area contributed by atoms with Gasteiger partial charge < -0.3 is 0 Å². The van der Waals surface area contributed by atoms with Gasteiger partial charge in [-0.25, -0.2) is 0 Å². The first-order valence-electron chi connectivity index (χ1n) is 12.7. The van der Waals surface area contributed by atoms with Crippen molar-refractivity contribution in [2.75, 3.05) is 0 Å². The second kappa shape index (κ2) is 7.41. The summed E-state index contributed by atoms with van der Waals surface area (Å²) in [5.41, 5.74) is 13.5. The van der Waals surface area contributed by atoms with Gasteiger partial charge in [0.05, 0.1) is 0 Å². The molecule has 168 valence electrons. The molecule has 0 nitrogen and oxygen atoms in total. The van der Waals surface area contributed by atoms with Crippen LogP contribution in [0.2, 0.25) is 12.5 Å². The van der Waals surface area contributed by atoms with Crippen LogP contribution in [0.5, 0.6) is 0 Å². The van der Waals surface area contributed by atoms with Gasteiger partial charge >= 0.3 is 197 Å². The molecule has 0 saturated heterocycles. The van der Waals surface area contributed by atoms with Crippen molar-refractivity contribution in [2.45, 2.75) is 103 Å². The Balaban J connectivity index is 1.88. The molecule has 31 heavy (non-hydrogen) atoms. The molecule has 0 fully saturated rings. The van der Waals surface area contributed by atoms with E-state index < -0.39 is 20.0 Å². The second-order valence-electron chi connectivity index (χ2n) is 11.7. The van der Waals surface area contributed by atoms with Gasteiger partial charge in [0.25, 0.3) is 0 Å². The molecule has 0 heterocycles. The molecule has 1 aromatic carbocycles. The SMILES string of the molecule is CCC1(CC)Cc2cc3c(cc2C1)[C](CC)([Hf]([CH3])([CH3])[C]1(C)C(C)=C(C)C(C)=C1C)C=C3. The van der Waals surface area contributed by atoms with Crippen molar-refractivity contribution in [3.05, 3.63) is 62.8 Å². The summed E-state index contributed by atoms with van der Waals surface area (Å²) >= 11 is -3.02. The summed E-state index contributed by atoms with van der Waals surface area (Å²) in [4.78, 5) is 0. The van der Waals surface area contributed by atoms with Gasteiger partial charge in [-0.3, -0.25) is 0 Å². The van der Waals surface area contributed by atoms with Gasteiger partial charge in [0.15, 0.2) is 0 Å². The minimum absolute atomic E-state index is 0.281. The molecule has 3 aliphatic rings. The Morgan fingerprint density at radius 3 is 1.81 bits per heavy atom. The van der Waals surface area contributed by atoms with Gasteiger partial charge in [0, 0.05) is 0 Å². The third-order valence-corrected chi connectivity index (χ3v) is 33.7. The summed E-state index contributed by atoms with van der Waals surface area (Å²) < 4.78 is 6.11. The number of rotatable bonds is 5. The average molecular weight is 583 g/mol. The Morgan fingerprint density at radius 2 is 1.32 bits per heavy atom. The first-order valence-corrected chi connectivity index (χ1v) is 23.4. The van der Waals surface area contributed by atoms with Gasteiger partial charge in [-0.2, -0.15) is 0 Å². The predicted molar refractivity (Wildman–Crippen MR) is 135 cm³/mol. The summed E-state index contributed by atoms with van der Waals surface area (Å²) in [6, 6.07) is 5.29. The molecule has 0 radical (unpaired) electrons. The Labute approximate surface area is 196 Å². The summed E-state index contributed by atoms with van der Waals surface area (Å²) in [6.45, 7) is 19.5.